The number of aliphatic hydroxyl groups is 1. The van der Waals surface area contributed by atoms with Crippen LogP contribution in [0.25, 0.3) is 0 Å². The van der Waals surface area contributed by atoms with Crippen molar-refractivity contribution in [2.24, 2.45) is 0 Å². The lowest BCUT2D eigenvalue weighted by Gasteiger charge is -2.10. The highest BCUT2D eigenvalue weighted by molar-refractivity contribution is 7.98. The highest BCUT2D eigenvalue weighted by atomic mass is 32.2. The molecule has 0 aliphatic carbocycles. The van der Waals surface area contributed by atoms with Gasteiger partial charge in [-0.2, -0.15) is 11.8 Å². The van der Waals surface area contributed by atoms with Crippen LogP contribution in [-0.4, -0.2) is 35.7 Å². The minimum absolute atomic E-state index is 0.257. The number of carbonyl (C=O) groups is 1. The first kappa shape index (κ1) is 14.5. The number of rotatable bonds is 7. The molecule has 1 rings (SSSR count). The first-order chi connectivity index (χ1) is 8.13. The number of aliphatic hydroxyl groups excluding tert-OH is 1. The Kier molecular flexibility index (Phi) is 6.62. The summed E-state index contributed by atoms with van der Waals surface area (Å²) in [6, 6.07) is 4.16. The van der Waals surface area contributed by atoms with Crippen LogP contribution >= 0.6 is 23.1 Å². The molecule has 1 aromatic heterocycles. The van der Waals surface area contributed by atoms with Gasteiger partial charge >= 0.3 is 0 Å². The highest BCUT2D eigenvalue weighted by Crippen LogP contribution is 2.14. The Morgan fingerprint density at radius 3 is 2.94 bits per heavy atom. The van der Waals surface area contributed by atoms with Gasteiger partial charge in [-0.05, 0) is 43.9 Å². The maximum absolute atomic E-state index is 11.5. The van der Waals surface area contributed by atoms with E-state index >= 15 is 0 Å². The third kappa shape index (κ3) is 5.57. The maximum atomic E-state index is 11.5. The molecular formula is C12H19NO2S2. The summed E-state index contributed by atoms with van der Waals surface area (Å²) in [7, 11) is 0. The largest absolute Gasteiger partial charge is 0.383 e. The molecule has 0 spiro atoms. The predicted octanol–water partition coefficient (Wildman–Crippen LogP) is 1.83. The smallest absolute Gasteiger partial charge is 0.248 e. The molecule has 1 aromatic rings. The molecule has 0 saturated carbocycles. The van der Waals surface area contributed by atoms with Crippen molar-refractivity contribution in [2.45, 2.75) is 25.9 Å². The summed E-state index contributed by atoms with van der Waals surface area (Å²) in [6.45, 7) is 2.66. The summed E-state index contributed by atoms with van der Waals surface area (Å²) in [5, 5.41) is 12.3. The maximum Gasteiger partial charge on any atom is 0.248 e. The van der Waals surface area contributed by atoms with Crippen LogP contribution in [0.2, 0.25) is 0 Å². The van der Waals surface area contributed by atoms with Gasteiger partial charge in [-0.3, -0.25) is 4.79 Å². The van der Waals surface area contributed by atoms with Crippen LogP contribution in [0.5, 0.6) is 0 Å². The van der Waals surface area contributed by atoms with Crippen molar-refractivity contribution in [1.29, 1.82) is 0 Å². The van der Waals surface area contributed by atoms with E-state index in [0.29, 0.717) is 13.0 Å². The van der Waals surface area contributed by atoms with Crippen LogP contribution in [0.15, 0.2) is 12.1 Å². The van der Waals surface area contributed by atoms with Crippen molar-refractivity contribution < 1.29 is 9.90 Å². The molecule has 0 bridgehead atoms. The lowest BCUT2D eigenvalue weighted by Crippen LogP contribution is -2.35. The fourth-order valence-electron chi connectivity index (χ4n) is 1.41. The molecule has 0 aliphatic heterocycles. The fraction of sp³-hybridized carbons (Fsp3) is 0.583. The van der Waals surface area contributed by atoms with E-state index < -0.39 is 6.10 Å². The molecule has 5 heteroatoms. The Morgan fingerprint density at radius 1 is 1.59 bits per heavy atom. The topological polar surface area (TPSA) is 49.3 Å². The van der Waals surface area contributed by atoms with E-state index in [1.807, 2.05) is 6.26 Å². The van der Waals surface area contributed by atoms with Crippen molar-refractivity contribution in [3.05, 3.63) is 21.9 Å². The van der Waals surface area contributed by atoms with Gasteiger partial charge in [-0.25, -0.2) is 0 Å². The number of aryl methyl sites for hydroxylation is 1. The first-order valence-electron chi connectivity index (χ1n) is 5.63. The molecule has 0 unspecified atom stereocenters. The fourth-order valence-corrected chi connectivity index (χ4v) is 2.76. The second-order valence-corrected chi connectivity index (χ2v) is 6.21. The van der Waals surface area contributed by atoms with Crippen molar-refractivity contribution >= 4 is 29.0 Å². The number of hydrogen-bond acceptors (Lipinski definition) is 4. The zero-order valence-electron chi connectivity index (χ0n) is 10.2. The van der Waals surface area contributed by atoms with E-state index in [0.717, 1.165) is 12.2 Å². The minimum Gasteiger partial charge on any atom is -0.383 e. The standard InChI is InChI=1S/C12H19NO2S2/c1-9-3-4-10(17-9)5-7-13-12(15)11(14)6-8-16-2/h3-4,11,14H,5-8H2,1-2H3,(H,13,15)/t11-/m1/s1. The van der Waals surface area contributed by atoms with Crippen molar-refractivity contribution in [2.75, 3.05) is 18.6 Å². The van der Waals surface area contributed by atoms with Gasteiger partial charge in [0.1, 0.15) is 6.10 Å². The van der Waals surface area contributed by atoms with Crippen LogP contribution in [0, 0.1) is 6.92 Å². The summed E-state index contributed by atoms with van der Waals surface area (Å²) in [4.78, 5) is 14.0. The Labute approximate surface area is 111 Å². The Bertz CT molecular complexity index is 352. The molecule has 0 aliphatic rings. The van der Waals surface area contributed by atoms with E-state index in [9.17, 15) is 9.90 Å². The third-order valence-corrected chi connectivity index (χ3v) is 4.07. The van der Waals surface area contributed by atoms with Crippen molar-refractivity contribution in [3.8, 4) is 0 Å². The highest BCUT2D eigenvalue weighted by Gasteiger charge is 2.13. The van der Waals surface area contributed by atoms with Gasteiger partial charge in [0.05, 0.1) is 0 Å². The van der Waals surface area contributed by atoms with E-state index in [1.165, 1.54) is 9.75 Å². The predicted molar refractivity (Wildman–Crippen MR) is 74.8 cm³/mol. The van der Waals surface area contributed by atoms with Crippen LogP contribution in [-0.2, 0) is 11.2 Å². The van der Waals surface area contributed by atoms with Gasteiger partial charge in [0.25, 0.3) is 0 Å². The van der Waals surface area contributed by atoms with Crippen molar-refractivity contribution in [3.63, 3.8) is 0 Å². The molecular weight excluding hydrogens is 254 g/mol. The molecule has 1 atom stereocenters. The summed E-state index contributed by atoms with van der Waals surface area (Å²) in [5.41, 5.74) is 0. The number of thioether (sulfide) groups is 1. The van der Waals surface area contributed by atoms with Gasteiger partial charge in [-0.15, -0.1) is 11.3 Å². The number of nitrogens with one attached hydrogen (secondary N) is 1. The van der Waals surface area contributed by atoms with Gasteiger partial charge in [0.15, 0.2) is 0 Å². The Hall–Kier alpha value is -0.520. The van der Waals surface area contributed by atoms with Crippen LogP contribution in [0.3, 0.4) is 0 Å². The van der Waals surface area contributed by atoms with E-state index in [2.05, 4.69) is 24.4 Å². The van der Waals surface area contributed by atoms with E-state index in [-0.39, 0.29) is 5.91 Å². The van der Waals surface area contributed by atoms with E-state index in [4.69, 9.17) is 0 Å². The number of hydrogen-bond donors (Lipinski definition) is 2. The second kappa shape index (κ2) is 7.74. The van der Waals surface area contributed by atoms with E-state index in [1.54, 1.807) is 23.1 Å². The quantitative estimate of drug-likeness (QED) is 0.797. The summed E-state index contributed by atoms with van der Waals surface area (Å²) < 4.78 is 0. The molecule has 96 valence electrons. The molecule has 3 nitrogen and oxygen atoms in total. The second-order valence-electron chi connectivity index (χ2n) is 3.85. The Balaban J connectivity index is 2.19. The lowest BCUT2D eigenvalue weighted by atomic mass is 10.2. The summed E-state index contributed by atoms with van der Waals surface area (Å²) in [5.74, 6) is 0.547. The molecule has 17 heavy (non-hydrogen) atoms. The van der Waals surface area contributed by atoms with Gasteiger partial charge < -0.3 is 10.4 Å². The lowest BCUT2D eigenvalue weighted by molar-refractivity contribution is -0.129. The summed E-state index contributed by atoms with van der Waals surface area (Å²) in [6.07, 6.45) is 2.45. The molecule has 1 amide bonds. The van der Waals surface area contributed by atoms with Crippen LogP contribution < -0.4 is 5.32 Å². The van der Waals surface area contributed by atoms with Gasteiger partial charge in [0, 0.05) is 16.3 Å². The normalized spacial score (nSPS) is 12.4. The zero-order valence-corrected chi connectivity index (χ0v) is 11.9. The van der Waals surface area contributed by atoms with Gasteiger partial charge in [-0.1, -0.05) is 0 Å². The molecule has 0 saturated heterocycles. The first-order valence-corrected chi connectivity index (χ1v) is 7.84. The van der Waals surface area contributed by atoms with Gasteiger partial charge in [0.2, 0.25) is 5.91 Å². The van der Waals surface area contributed by atoms with Crippen molar-refractivity contribution in [1.82, 2.24) is 5.32 Å². The third-order valence-electron chi connectivity index (χ3n) is 2.36. The van der Waals surface area contributed by atoms with Crippen LogP contribution in [0.1, 0.15) is 16.2 Å². The SMILES string of the molecule is CSCC[C@@H](O)C(=O)NCCc1ccc(C)s1. The van der Waals surface area contributed by atoms with Crippen LogP contribution in [0.4, 0.5) is 0 Å². The summed E-state index contributed by atoms with van der Waals surface area (Å²) >= 11 is 3.38. The average Bonchev–Trinajstić information content (AvgIpc) is 2.71. The Morgan fingerprint density at radius 2 is 2.35 bits per heavy atom. The number of thiophene rings is 1. The molecule has 1 heterocycles. The average molecular weight is 273 g/mol. The molecule has 0 fully saturated rings. The number of amides is 1. The number of carbonyl (C=O) groups excluding carboxylic acids is 1. The zero-order chi connectivity index (χ0) is 12.7. The molecule has 2 N–H and O–H groups in total. The monoisotopic (exact) mass is 273 g/mol. The molecule has 0 aromatic carbocycles. The minimum atomic E-state index is -0.868. The molecule has 0 radical (unpaired) electrons.